The number of amides is 1. The van der Waals surface area contributed by atoms with Crippen LogP contribution in [0.15, 0.2) is 4.99 Å². The summed E-state index contributed by atoms with van der Waals surface area (Å²) in [5.74, 6) is 2.24. The molecular weight excluding hydrogens is 312 g/mol. The molecule has 5 nitrogen and oxygen atoms in total. The third-order valence-electron chi connectivity index (χ3n) is 6.26. The number of carbonyl (C=O) groups is 1. The number of carbonyl (C=O) groups excluding carboxylic acids is 1. The number of nitrogens with zero attached hydrogens (tertiary/aromatic N) is 2. The Bertz CT molecular complexity index is 468. The predicted octanol–water partition coefficient (Wildman–Crippen LogP) is 2.91. The molecule has 5 heteroatoms. The maximum atomic E-state index is 12.0. The molecule has 1 saturated heterocycles. The number of hydrogen-bond acceptors (Lipinski definition) is 2. The molecule has 0 aromatic carbocycles. The maximum absolute atomic E-state index is 12.0. The van der Waals surface area contributed by atoms with E-state index in [1.165, 1.54) is 38.5 Å². The normalized spacial score (nSPS) is 23.8. The summed E-state index contributed by atoms with van der Waals surface area (Å²) in [6.45, 7) is 6.69. The van der Waals surface area contributed by atoms with Gasteiger partial charge in [-0.3, -0.25) is 9.79 Å². The van der Waals surface area contributed by atoms with E-state index in [9.17, 15) is 4.79 Å². The van der Waals surface area contributed by atoms with Crippen LogP contribution in [-0.4, -0.2) is 49.5 Å². The van der Waals surface area contributed by atoms with Gasteiger partial charge in [0.15, 0.2) is 5.96 Å². The highest BCUT2D eigenvalue weighted by molar-refractivity contribution is 5.79. The minimum atomic E-state index is 0.342. The number of hydrogen-bond donors (Lipinski definition) is 2. The first-order valence-corrected chi connectivity index (χ1v) is 10.5. The van der Waals surface area contributed by atoms with Crippen molar-refractivity contribution in [2.75, 3.05) is 32.7 Å². The fraction of sp³-hybridized carbons (Fsp3) is 0.900. The van der Waals surface area contributed by atoms with Crippen molar-refractivity contribution in [3.63, 3.8) is 0 Å². The Hall–Kier alpha value is -1.26. The smallest absolute Gasteiger partial charge is 0.222 e. The molecule has 0 radical (unpaired) electrons. The molecule has 142 valence electrons. The standard InChI is InChI=1S/C20H36N4O/c1-2-21-19(23-16-20(11-6-12-20)17-9-10-17)22-13-7-15-24-14-5-3-4-8-18(24)25/h17H,2-16H2,1H3,(H2,21,22,23). The van der Waals surface area contributed by atoms with Crippen molar-refractivity contribution >= 4 is 11.9 Å². The molecule has 3 fully saturated rings. The van der Waals surface area contributed by atoms with Crippen LogP contribution in [0.25, 0.3) is 0 Å². The average Bonchev–Trinajstić information content (AvgIpc) is 3.40. The Morgan fingerprint density at radius 2 is 2.04 bits per heavy atom. The van der Waals surface area contributed by atoms with Crippen molar-refractivity contribution in [2.45, 2.75) is 71.1 Å². The van der Waals surface area contributed by atoms with Gasteiger partial charge < -0.3 is 15.5 Å². The number of rotatable bonds is 8. The summed E-state index contributed by atoms with van der Waals surface area (Å²) in [7, 11) is 0. The van der Waals surface area contributed by atoms with Crippen LogP contribution < -0.4 is 10.6 Å². The van der Waals surface area contributed by atoms with Gasteiger partial charge in [0.25, 0.3) is 0 Å². The second-order valence-electron chi connectivity index (χ2n) is 8.16. The Kier molecular flexibility index (Phi) is 6.60. The molecule has 0 spiro atoms. The van der Waals surface area contributed by atoms with Crippen LogP contribution in [0.5, 0.6) is 0 Å². The first-order chi connectivity index (χ1) is 12.2. The lowest BCUT2D eigenvalue weighted by Crippen LogP contribution is -2.41. The van der Waals surface area contributed by atoms with E-state index in [4.69, 9.17) is 4.99 Å². The van der Waals surface area contributed by atoms with Crippen LogP contribution in [0.4, 0.5) is 0 Å². The molecule has 1 heterocycles. The molecule has 0 bridgehead atoms. The molecule has 2 saturated carbocycles. The quantitative estimate of drug-likeness (QED) is 0.403. The third-order valence-corrected chi connectivity index (χ3v) is 6.26. The summed E-state index contributed by atoms with van der Waals surface area (Å²) in [4.78, 5) is 19.0. The average molecular weight is 349 g/mol. The number of likely N-dealkylation sites (tertiary alicyclic amines) is 1. The molecule has 25 heavy (non-hydrogen) atoms. The topological polar surface area (TPSA) is 56.7 Å². The molecular formula is C20H36N4O. The molecule has 3 aliphatic rings. The molecule has 0 aromatic heterocycles. The fourth-order valence-corrected chi connectivity index (χ4v) is 4.35. The summed E-state index contributed by atoms with van der Waals surface area (Å²) in [5.41, 5.74) is 0.529. The van der Waals surface area contributed by atoms with E-state index < -0.39 is 0 Å². The largest absolute Gasteiger partial charge is 0.357 e. The number of aliphatic imine (C=N–C) groups is 1. The van der Waals surface area contributed by atoms with Crippen molar-refractivity contribution in [3.8, 4) is 0 Å². The van der Waals surface area contributed by atoms with Crippen molar-refractivity contribution in [3.05, 3.63) is 0 Å². The van der Waals surface area contributed by atoms with Crippen LogP contribution in [0.2, 0.25) is 0 Å². The predicted molar refractivity (Wildman–Crippen MR) is 103 cm³/mol. The number of guanidine groups is 1. The second kappa shape index (κ2) is 8.91. The summed E-state index contributed by atoms with van der Waals surface area (Å²) >= 11 is 0. The van der Waals surface area contributed by atoms with Gasteiger partial charge >= 0.3 is 0 Å². The zero-order valence-electron chi connectivity index (χ0n) is 16.0. The maximum Gasteiger partial charge on any atom is 0.222 e. The Morgan fingerprint density at radius 3 is 2.72 bits per heavy atom. The van der Waals surface area contributed by atoms with Gasteiger partial charge in [-0.15, -0.1) is 0 Å². The molecule has 1 aliphatic heterocycles. The summed E-state index contributed by atoms with van der Waals surface area (Å²) in [5, 5.41) is 6.85. The highest BCUT2D eigenvalue weighted by Crippen LogP contribution is 2.57. The second-order valence-corrected chi connectivity index (χ2v) is 8.16. The van der Waals surface area contributed by atoms with E-state index in [-0.39, 0.29) is 0 Å². The lowest BCUT2D eigenvalue weighted by Gasteiger charge is -2.41. The third kappa shape index (κ3) is 5.11. The zero-order chi connectivity index (χ0) is 17.5. The Labute approximate surface area is 153 Å². The van der Waals surface area contributed by atoms with Crippen LogP contribution in [0.3, 0.4) is 0 Å². The SMILES string of the molecule is CCNC(=NCC1(C2CC2)CCC1)NCCCN1CCCCCC1=O. The fourth-order valence-electron chi connectivity index (χ4n) is 4.35. The van der Waals surface area contributed by atoms with Gasteiger partial charge in [0.05, 0.1) is 0 Å². The summed E-state index contributed by atoms with van der Waals surface area (Å²) < 4.78 is 0. The van der Waals surface area contributed by atoms with Gasteiger partial charge in [0.2, 0.25) is 5.91 Å². The van der Waals surface area contributed by atoms with Crippen LogP contribution >= 0.6 is 0 Å². The molecule has 0 aromatic rings. The Morgan fingerprint density at radius 1 is 1.20 bits per heavy atom. The summed E-state index contributed by atoms with van der Waals surface area (Å²) in [6, 6.07) is 0. The zero-order valence-corrected chi connectivity index (χ0v) is 16.0. The highest BCUT2D eigenvalue weighted by Gasteiger charge is 2.48. The van der Waals surface area contributed by atoms with Gasteiger partial charge in [-0.2, -0.15) is 0 Å². The lowest BCUT2D eigenvalue weighted by molar-refractivity contribution is -0.130. The molecule has 2 N–H and O–H groups in total. The van der Waals surface area contributed by atoms with E-state index in [1.807, 2.05) is 0 Å². The first-order valence-electron chi connectivity index (χ1n) is 10.5. The first kappa shape index (κ1) is 18.5. The minimum Gasteiger partial charge on any atom is -0.357 e. The van der Waals surface area contributed by atoms with Crippen LogP contribution in [-0.2, 0) is 4.79 Å². The molecule has 0 atom stereocenters. The van der Waals surface area contributed by atoms with E-state index in [2.05, 4.69) is 22.5 Å². The highest BCUT2D eigenvalue weighted by atomic mass is 16.2. The summed E-state index contributed by atoms with van der Waals surface area (Å²) in [6.07, 6.45) is 12.1. The van der Waals surface area contributed by atoms with Gasteiger partial charge in [0.1, 0.15) is 0 Å². The molecule has 0 unspecified atom stereocenters. The van der Waals surface area contributed by atoms with Gasteiger partial charge in [0, 0.05) is 39.1 Å². The van der Waals surface area contributed by atoms with Crippen LogP contribution in [0.1, 0.15) is 71.1 Å². The van der Waals surface area contributed by atoms with Crippen molar-refractivity contribution in [1.29, 1.82) is 0 Å². The van der Waals surface area contributed by atoms with E-state index in [0.717, 1.165) is 70.3 Å². The number of nitrogens with one attached hydrogen (secondary N) is 2. The van der Waals surface area contributed by atoms with Gasteiger partial charge in [-0.1, -0.05) is 12.8 Å². The minimum absolute atomic E-state index is 0.342. The Balaban J connectivity index is 1.40. The molecule has 2 aliphatic carbocycles. The van der Waals surface area contributed by atoms with Gasteiger partial charge in [-0.05, 0) is 63.2 Å². The van der Waals surface area contributed by atoms with E-state index >= 15 is 0 Å². The molecule has 1 amide bonds. The lowest BCUT2D eigenvalue weighted by atomic mass is 9.65. The molecule has 3 rings (SSSR count). The monoisotopic (exact) mass is 348 g/mol. The van der Waals surface area contributed by atoms with Crippen LogP contribution in [0, 0.1) is 11.3 Å². The van der Waals surface area contributed by atoms with E-state index in [0.29, 0.717) is 11.3 Å². The van der Waals surface area contributed by atoms with E-state index in [1.54, 1.807) is 0 Å². The van der Waals surface area contributed by atoms with Gasteiger partial charge in [-0.25, -0.2) is 0 Å². The van der Waals surface area contributed by atoms with Crippen molar-refractivity contribution in [1.82, 2.24) is 15.5 Å². The van der Waals surface area contributed by atoms with Crippen molar-refractivity contribution in [2.24, 2.45) is 16.3 Å². The van der Waals surface area contributed by atoms with Crippen molar-refractivity contribution < 1.29 is 4.79 Å².